The third-order valence-corrected chi connectivity index (χ3v) is 1.91. The lowest BCUT2D eigenvalue weighted by atomic mass is 9.93. The molecule has 0 aromatic rings. The summed E-state index contributed by atoms with van der Waals surface area (Å²) >= 11 is 0. The summed E-state index contributed by atoms with van der Waals surface area (Å²) in [6.07, 6.45) is -0.0781. The summed E-state index contributed by atoms with van der Waals surface area (Å²) in [5, 5.41) is 9.26. The van der Waals surface area contributed by atoms with E-state index in [-0.39, 0.29) is 5.78 Å². The smallest absolute Gasteiger partial charge is 0.303 e. The number of esters is 1. The molecule has 0 saturated heterocycles. The molecule has 0 radical (unpaired) electrons. The number of carbonyl (C=O) groups is 2. The zero-order valence-corrected chi connectivity index (χ0v) is 6.95. The number of carbonyl (C=O) groups excluding carboxylic acids is 2. The summed E-state index contributed by atoms with van der Waals surface area (Å²) in [7, 11) is 0. The maximum Gasteiger partial charge on any atom is 0.303 e. The van der Waals surface area contributed by atoms with Crippen LogP contribution in [0.4, 0.5) is 0 Å². The van der Waals surface area contributed by atoms with Gasteiger partial charge in [0.2, 0.25) is 0 Å². The molecule has 0 unspecified atom stereocenters. The van der Waals surface area contributed by atoms with E-state index in [9.17, 15) is 14.7 Å². The van der Waals surface area contributed by atoms with Crippen LogP contribution in [0.25, 0.3) is 0 Å². The molecule has 0 heterocycles. The summed E-state index contributed by atoms with van der Waals surface area (Å²) < 4.78 is 4.76. The summed E-state index contributed by atoms with van der Waals surface area (Å²) in [5.74, 6) is -0.679. The molecule has 1 fully saturated rings. The van der Waals surface area contributed by atoms with Crippen molar-refractivity contribution < 1.29 is 19.4 Å². The monoisotopic (exact) mass is 172 g/mol. The highest BCUT2D eigenvalue weighted by atomic mass is 16.6. The van der Waals surface area contributed by atoms with Crippen LogP contribution in [0.2, 0.25) is 0 Å². The lowest BCUT2D eigenvalue weighted by molar-refractivity contribution is -0.158. The molecule has 2 atom stereocenters. The van der Waals surface area contributed by atoms with Crippen LogP contribution in [0.1, 0.15) is 26.2 Å². The first kappa shape index (κ1) is 9.19. The van der Waals surface area contributed by atoms with Gasteiger partial charge in [0.05, 0.1) is 0 Å². The molecule has 1 aliphatic carbocycles. The Morgan fingerprint density at radius 3 is 2.92 bits per heavy atom. The maximum atomic E-state index is 10.9. The van der Waals surface area contributed by atoms with Gasteiger partial charge in [-0.15, -0.1) is 0 Å². The molecule has 0 aromatic carbocycles. The second kappa shape index (κ2) is 3.67. The van der Waals surface area contributed by atoms with E-state index in [1.54, 1.807) is 0 Å². The van der Waals surface area contributed by atoms with Crippen molar-refractivity contribution in [3.05, 3.63) is 0 Å². The minimum Gasteiger partial charge on any atom is -0.459 e. The fraction of sp³-hybridized carbons (Fsp3) is 0.750. The SMILES string of the molecule is CC(=O)O[C@H]1CCCC(=O)[C@H]1O. The van der Waals surface area contributed by atoms with Gasteiger partial charge in [0.25, 0.3) is 0 Å². The van der Waals surface area contributed by atoms with Gasteiger partial charge in [-0.25, -0.2) is 0 Å². The molecule has 0 amide bonds. The molecule has 68 valence electrons. The Balaban J connectivity index is 2.52. The highest BCUT2D eigenvalue weighted by molar-refractivity contribution is 5.84. The third kappa shape index (κ3) is 2.04. The standard InChI is InChI=1S/C8H12O4/c1-5(9)12-7-4-2-3-6(10)8(7)11/h7-8,11H,2-4H2,1H3/t7-,8+/m0/s1. The van der Waals surface area contributed by atoms with E-state index in [0.29, 0.717) is 19.3 Å². The van der Waals surface area contributed by atoms with Gasteiger partial charge in [-0.2, -0.15) is 0 Å². The van der Waals surface area contributed by atoms with E-state index < -0.39 is 18.2 Å². The average Bonchev–Trinajstić information content (AvgIpc) is 1.98. The van der Waals surface area contributed by atoms with Gasteiger partial charge in [0.15, 0.2) is 5.78 Å². The first-order valence-corrected chi connectivity index (χ1v) is 3.99. The van der Waals surface area contributed by atoms with Crippen LogP contribution in [-0.2, 0) is 14.3 Å². The number of aliphatic hydroxyl groups excluding tert-OH is 1. The molecule has 1 aliphatic rings. The Morgan fingerprint density at radius 2 is 2.33 bits per heavy atom. The minimum atomic E-state index is -1.11. The fourth-order valence-electron chi connectivity index (χ4n) is 1.33. The van der Waals surface area contributed by atoms with Crippen molar-refractivity contribution in [1.82, 2.24) is 0 Å². The first-order valence-electron chi connectivity index (χ1n) is 3.99. The molecule has 1 N–H and O–H groups in total. The number of Topliss-reactive ketones (excluding diaryl/α,β-unsaturated/α-hetero) is 1. The van der Waals surface area contributed by atoms with Gasteiger partial charge < -0.3 is 9.84 Å². The van der Waals surface area contributed by atoms with E-state index in [0.717, 1.165) is 0 Å². The Morgan fingerprint density at radius 1 is 1.67 bits per heavy atom. The summed E-state index contributed by atoms with van der Waals surface area (Å²) in [6, 6.07) is 0. The highest BCUT2D eigenvalue weighted by Crippen LogP contribution is 2.18. The molecule has 4 nitrogen and oxygen atoms in total. The summed E-state index contributed by atoms with van der Waals surface area (Å²) in [5.41, 5.74) is 0. The van der Waals surface area contributed by atoms with Crippen LogP contribution in [0.15, 0.2) is 0 Å². The second-order valence-corrected chi connectivity index (χ2v) is 2.95. The molecule has 4 heteroatoms. The maximum absolute atomic E-state index is 10.9. The summed E-state index contributed by atoms with van der Waals surface area (Å²) in [4.78, 5) is 21.5. The van der Waals surface area contributed by atoms with Crippen LogP contribution >= 0.6 is 0 Å². The fourth-order valence-corrected chi connectivity index (χ4v) is 1.33. The molecule has 0 spiro atoms. The third-order valence-electron chi connectivity index (χ3n) is 1.91. The zero-order chi connectivity index (χ0) is 9.14. The van der Waals surface area contributed by atoms with Gasteiger partial charge >= 0.3 is 5.97 Å². The molecule has 0 aliphatic heterocycles. The number of ether oxygens (including phenoxy) is 1. The lowest BCUT2D eigenvalue weighted by Gasteiger charge is -2.25. The molecule has 12 heavy (non-hydrogen) atoms. The topological polar surface area (TPSA) is 63.6 Å². The molecule has 1 rings (SSSR count). The second-order valence-electron chi connectivity index (χ2n) is 2.95. The number of hydrogen-bond donors (Lipinski definition) is 1. The van der Waals surface area contributed by atoms with Gasteiger partial charge in [0.1, 0.15) is 12.2 Å². The van der Waals surface area contributed by atoms with Crippen molar-refractivity contribution in [2.24, 2.45) is 0 Å². The Kier molecular flexibility index (Phi) is 2.81. The predicted octanol–water partition coefficient (Wildman–Crippen LogP) is 0.0320. The zero-order valence-electron chi connectivity index (χ0n) is 6.95. The average molecular weight is 172 g/mol. The van der Waals surface area contributed by atoms with Crippen molar-refractivity contribution in [2.45, 2.75) is 38.4 Å². The van der Waals surface area contributed by atoms with Crippen molar-refractivity contribution in [2.75, 3.05) is 0 Å². The number of hydrogen-bond acceptors (Lipinski definition) is 4. The number of aliphatic hydroxyl groups is 1. The van der Waals surface area contributed by atoms with Crippen molar-refractivity contribution in [3.8, 4) is 0 Å². The Labute approximate surface area is 70.5 Å². The van der Waals surface area contributed by atoms with E-state index in [2.05, 4.69) is 0 Å². The normalized spacial score (nSPS) is 30.0. The van der Waals surface area contributed by atoms with Gasteiger partial charge in [-0.1, -0.05) is 0 Å². The van der Waals surface area contributed by atoms with Crippen LogP contribution < -0.4 is 0 Å². The number of rotatable bonds is 1. The van der Waals surface area contributed by atoms with E-state index in [1.165, 1.54) is 6.92 Å². The molecular formula is C8H12O4. The van der Waals surface area contributed by atoms with E-state index >= 15 is 0 Å². The van der Waals surface area contributed by atoms with Crippen LogP contribution in [0.3, 0.4) is 0 Å². The van der Waals surface area contributed by atoms with Crippen molar-refractivity contribution >= 4 is 11.8 Å². The molecular weight excluding hydrogens is 160 g/mol. The van der Waals surface area contributed by atoms with Gasteiger partial charge in [0, 0.05) is 13.3 Å². The van der Waals surface area contributed by atoms with Gasteiger partial charge in [-0.05, 0) is 12.8 Å². The van der Waals surface area contributed by atoms with Gasteiger partial charge in [-0.3, -0.25) is 9.59 Å². The summed E-state index contributed by atoms with van der Waals surface area (Å²) in [6.45, 7) is 1.27. The quantitative estimate of drug-likeness (QED) is 0.567. The minimum absolute atomic E-state index is 0.229. The molecule has 0 bridgehead atoms. The van der Waals surface area contributed by atoms with Crippen LogP contribution in [0, 0.1) is 0 Å². The van der Waals surface area contributed by atoms with Crippen molar-refractivity contribution in [1.29, 1.82) is 0 Å². The van der Waals surface area contributed by atoms with E-state index in [4.69, 9.17) is 4.74 Å². The predicted molar refractivity (Wildman–Crippen MR) is 40.4 cm³/mol. The van der Waals surface area contributed by atoms with E-state index in [1.807, 2.05) is 0 Å². The largest absolute Gasteiger partial charge is 0.459 e. The van der Waals surface area contributed by atoms with Crippen LogP contribution in [-0.4, -0.2) is 29.1 Å². The Bertz CT molecular complexity index is 199. The van der Waals surface area contributed by atoms with Crippen molar-refractivity contribution in [3.63, 3.8) is 0 Å². The molecule has 1 saturated carbocycles. The molecule has 0 aromatic heterocycles. The number of ketones is 1. The van der Waals surface area contributed by atoms with Crippen LogP contribution in [0.5, 0.6) is 0 Å². The Hall–Kier alpha value is -0.900. The highest BCUT2D eigenvalue weighted by Gasteiger charge is 2.31. The lowest BCUT2D eigenvalue weighted by Crippen LogP contribution is -2.40. The first-order chi connectivity index (χ1) is 5.61.